The van der Waals surface area contributed by atoms with E-state index in [1.54, 1.807) is 26.4 Å². The summed E-state index contributed by atoms with van der Waals surface area (Å²) < 4.78 is 11.3. The van der Waals surface area contributed by atoms with Crippen molar-refractivity contribution in [1.82, 2.24) is 10.2 Å². The van der Waals surface area contributed by atoms with Crippen molar-refractivity contribution >= 4 is 45.2 Å². The van der Waals surface area contributed by atoms with Crippen LogP contribution in [-0.4, -0.2) is 36.7 Å². The van der Waals surface area contributed by atoms with Crippen molar-refractivity contribution in [1.29, 1.82) is 0 Å². The van der Waals surface area contributed by atoms with E-state index >= 15 is 0 Å². The third-order valence-corrected chi connectivity index (χ3v) is 4.02. The van der Waals surface area contributed by atoms with Gasteiger partial charge in [-0.15, -0.1) is 0 Å². The van der Waals surface area contributed by atoms with Crippen LogP contribution < -0.4 is 14.8 Å². The summed E-state index contributed by atoms with van der Waals surface area (Å²) in [5.74, 6) is 1.12. The van der Waals surface area contributed by atoms with Gasteiger partial charge in [0, 0.05) is 18.2 Å². The van der Waals surface area contributed by atoms with Crippen molar-refractivity contribution in [2.24, 2.45) is 0 Å². The molecule has 1 saturated heterocycles. The highest BCUT2D eigenvalue weighted by Gasteiger charge is 2.29. The van der Waals surface area contributed by atoms with Gasteiger partial charge in [0.2, 0.25) is 0 Å². The van der Waals surface area contributed by atoms with E-state index < -0.39 is 0 Å². The lowest BCUT2D eigenvalue weighted by atomic mass is 10.1. The second-order valence-electron chi connectivity index (χ2n) is 4.27. The molecule has 0 radical (unpaired) electrons. The predicted octanol–water partition coefficient (Wildman–Crippen LogP) is 2.54. The molecular formula is C14H15BrN2O3S. The number of ether oxygens (including phenoxy) is 2. The number of carbonyl (C=O) groups excluding carboxylic acids is 1. The van der Waals surface area contributed by atoms with Gasteiger partial charge in [-0.3, -0.25) is 9.69 Å². The molecule has 0 atom stereocenters. The molecule has 5 nitrogen and oxygen atoms in total. The van der Waals surface area contributed by atoms with Crippen LogP contribution in [0, 0.1) is 0 Å². The summed E-state index contributed by atoms with van der Waals surface area (Å²) in [5, 5.41) is 3.34. The van der Waals surface area contributed by atoms with Crippen LogP contribution in [-0.2, 0) is 4.79 Å². The molecule has 0 aliphatic carbocycles. The van der Waals surface area contributed by atoms with Gasteiger partial charge in [-0.2, -0.15) is 0 Å². The van der Waals surface area contributed by atoms with Crippen molar-refractivity contribution in [2.75, 3.05) is 20.8 Å². The molecule has 1 aliphatic heterocycles. The Labute approximate surface area is 137 Å². The number of amides is 1. The van der Waals surface area contributed by atoms with Gasteiger partial charge in [-0.1, -0.05) is 0 Å². The summed E-state index contributed by atoms with van der Waals surface area (Å²) in [5.41, 5.74) is 1.18. The first-order valence-corrected chi connectivity index (χ1v) is 7.48. The molecule has 0 aromatic heterocycles. The van der Waals surface area contributed by atoms with E-state index in [-0.39, 0.29) is 5.91 Å². The minimum Gasteiger partial charge on any atom is -0.496 e. The maximum absolute atomic E-state index is 12.2. The summed E-state index contributed by atoms with van der Waals surface area (Å²) in [6, 6.07) is 3.59. The summed E-state index contributed by atoms with van der Waals surface area (Å²) in [6.07, 6.45) is 1.72. The fourth-order valence-electron chi connectivity index (χ4n) is 2.01. The van der Waals surface area contributed by atoms with Crippen LogP contribution in [0.5, 0.6) is 11.5 Å². The second-order valence-corrected chi connectivity index (χ2v) is 5.51. The molecule has 2 rings (SSSR count). The van der Waals surface area contributed by atoms with Gasteiger partial charge in [-0.25, -0.2) is 0 Å². The monoisotopic (exact) mass is 370 g/mol. The minimum absolute atomic E-state index is 0.142. The Hall–Kier alpha value is -1.60. The molecule has 0 saturated carbocycles. The molecule has 1 amide bonds. The van der Waals surface area contributed by atoms with Crippen molar-refractivity contribution in [3.8, 4) is 11.5 Å². The van der Waals surface area contributed by atoms with E-state index in [1.807, 2.05) is 13.0 Å². The zero-order valence-corrected chi connectivity index (χ0v) is 14.3. The number of hydrogen-bond acceptors (Lipinski definition) is 4. The maximum Gasteiger partial charge on any atom is 0.276 e. The molecule has 1 aromatic carbocycles. The van der Waals surface area contributed by atoms with Crippen molar-refractivity contribution in [2.45, 2.75) is 6.92 Å². The Morgan fingerprint density at radius 3 is 2.52 bits per heavy atom. The van der Waals surface area contributed by atoms with E-state index in [0.717, 1.165) is 10.0 Å². The molecule has 0 unspecified atom stereocenters. The van der Waals surface area contributed by atoms with Gasteiger partial charge in [0.1, 0.15) is 17.2 Å². The number of hydrogen-bond donors (Lipinski definition) is 1. The van der Waals surface area contributed by atoms with Crippen molar-refractivity contribution < 1.29 is 14.3 Å². The first-order valence-electron chi connectivity index (χ1n) is 6.27. The smallest absolute Gasteiger partial charge is 0.276 e. The van der Waals surface area contributed by atoms with E-state index in [4.69, 9.17) is 21.7 Å². The first kappa shape index (κ1) is 15.8. The van der Waals surface area contributed by atoms with Crippen LogP contribution in [0.15, 0.2) is 22.3 Å². The van der Waals surface area contributed by atoms with Crippen molar-refractivity contribution in [3.63, 3.8) is 0 Å². The largest absolute Gasteiger partial charge is 0.496 e. The van der Waals surface area contributed by atoms with E-state index in [1.165, 1.54) is 4.90 Å². The summed E-state index contributed by atoms with van der Waals surface area (Å²) >= 11 is 8.55. The van der Waals surface area contributed by atoms with Crippen molar-refractivity contribution in [3.05, 3.63) is 27.9 Å². The number of nitrogens with one attached hydrogen (secondary N) is 1. The number of rotatable bonds is 4. The van der Waals surface area contributed by atoms with Crippen LogP contribution in [0.2, 0.25) is 0 Å². The fraction of sp³-hybridized carbons (Fsp3) is 0.286. The van der Waals surface area contributed by atoms with Crippen LogP contribution in [0.25, 0.3) is 6.08 Å². The molecular weight excluding hydrogens is 356 g/mol. The molecule has 7 heteroatoms. The molecule has 21 heavy (non-hydrogen) atoms. The highest BCUT2D eigenvalue weighted by Crippen LogP contribution is 2.34. The first-order chi connectivity index (χ1) is 10.0. The lowest BCUT2D eigenvalue weighted by Crippen LogP contribution is -2.30. The third-order valence-electron chi connectivity index (χ3n) is 3.08. The highest BCUT2D eigenvalue weighted by molar-refractivity contribution is 9.10. The highest BCUT2D eigenvalue weighted by atomic mass is 79.9. The number of halogens is 1. The third kappa shape index (κ3) is 3.03. The Balaban J connectivity index is 2.44. The second kappa shape index (κ2) is 6.44. The van der Waals surface area contributed by atoms with Crippen LogP contribution in [0.4, 0.5) is 0 Å². The predicted molar refractivity (Wildman–Crippen MR) is 88.3 cm³/mol. The van der Waals surface area contributed by atoms with E-state index in [2.05, 4.69) is 21.2 Å². The quantitative estimate of drug-likeness (QED) is 0.651. The molecule has 0 spiro atoms. The maximum atomic E-state index is 12.2. The number of methoxy groups -OCH3 is 2. The van der Waals surface area contributed by atoms with Gasteiger partial charge < -0.3 is 14.8 Å². The Kier molecular flexibility index (Phi) is 4.84. The molecule has 1 aliphatic rings. The molecule has 1 aromatic rings. The van der Waals surface area contributed by atoms with Gasteiger partial charge in [0.05, 0.1) is 18.7 Å². The standard InChI is InChI=1S/C14H15BrN2O3S/c1-4-17-13(18)10(16-14(17)21)6-8-5-9(15)12(20-3)7-11(8)19-2/h5-7H,4H2,1-3H3,(H,16,21)/b10-6-. The zero-order chi connectivity index (χ0) is 15.6. The number of nitrogens with zero attached hydrogens (tertiary/aromatic N) is 1. The topological polar surface area (TPSA) is 50.8 Å². The lowest BCUT2D eigenvalue weighted by molar-refractivity contribution is -0.122. The summed E-state index contributed by atoms with van der Waals surface area (Å²) in [4.78, 5) is 13.7. The molecule has 1 heterocycles. The van der Waals surface area contributed by atoms with E-state index in [0.29, 0.717) is 28.9 Å². The van der Waals surface area contributed by atoms with Crippen LogP contribution >= 0.6 is 28.1 Å². The Morgan fingerprint density at radius 1 is 1.33 bits per heavy atom. The average Bonchev–Trinajstić information content (AvgIpc) is 2.73. The number of carbonyl (C=O) groups is 1. The number of benzene rings is 1. The molecule has 112 valence electrons. The van der Waals surface area contributed by atoms with Gasteiger partial charge in [0.25, 0.3) is 5.91 Å². The normalized spacial score (nSPS) is 16.4. The molecule has 1 N–H and O–H groups in total. The zero-order valence-electron chi connectivity index (χ0n) is 11.9. The minimum atomic E-state index is -0.142. The fourth-order valence-corrected chi connectivity index (χ4v) is 2.86. The molecule has 0 bridgehead atoms. The van der Waals surface area contributed by atoms with Gasteiger partial charge in [-0.05, 0) is 47.2 Å². The average molecular weight is 371 g/mol. The van der Waals surface area contributed by atoms with E-state index in [9.17, 15) is 4.79 Å². The van der Waals surface area contributed by atoms with Crippen LogP contribution in [0.3, 0.4) is 0 Å². The Morgan fingerprint density at radius 2 is 2.00 bits per heavy atom. The van der Waals surface area contributed by atoms with Gasteiger partial charge >= 0.3 is 0 Å². The SMILES string of the molecule is CCN1C(=O)/C(=C/c2cc(Br)c(OC)cc2OC)NC1=S. The number of likely N-dealkylation sites (N-methyl/N-ethyl adjacent to an activating group) is 1. The number of thiocarbonyl (C=S) groups is 1. The molecule has 1 fully saturated rings. The van der Waals surface area contributed by atoms with Crippen LogP contribution in [0.1, 0.15) is 12.5 Å². The van der Waals surface area contributed by atoms with Gasteiger partial charge in [0.15, 0.2) is 5.11 Å². The summed E-state index contributed by atoms with van der Waals surface area (Å²) in [6.45, 7) is 2.41. The lowest BCUT2D eigenvalue weighted by Gasteiger charge is -2.10. The Bertz CT molecular complexity index is 631. The summed E-state index contributed by atoms with van der Waals surface area (Å²) in [7, 11) is 3.15.